The molecule has 29 heavy (non-hydrogen) atoms. The highest BCUT2D eigenvalue weighted by Crippen LogP contribution is 2.30. The Morgan fingerprint density at radius 1 is 0.724 bits per heavy atom. The van der Waals surface area contributed by atoms with Gasteiger partial charge in [-0.15, -0.1) is 0 Å². The number of methoxy groups -OCH3 is 3. The molecular formula is C22H26N2O5. The normalized spacial score (nSPS) is 13.8. The van der Waals surface area contributed by atoms with Gasteiger partial charge in [0.05, 0.1) is 21.3 Å². The van der Waals surface area contributed by atoms with Crippen LogP contribution in [0, 0.1) is 6.92 Å². The zero-order valence-electron chi connectivity index (χ0n) is 17.2. The first kappa shape index (κ1) is 20.5. The van der Waals surface area contributed by atoms with E-state index in [-0.39, 0.29) is 11.8 Å². The maximum absolute atomic E-state index is 13.0. The van der Waals surface area contributed by atoms with Crippen LogP contribution in [0.4, 0.5) is 0 Å². The molecule has 0 aromatic heterocycles. The molecule has 2 aromatic carbocycles. The van der Waals surface area contributed by atoms with Gasteiger partial charge in [0.2, 0.25) is 0 Å². The predicted molar refractivity (Wildman–Crippen MR) is 109 cm³/mol. The molecule has 0 unspecified atom stereocenters. The topological polar surface area (TPSA) is 68.3 Å². The third kappa shape index (κ3) is 4.29. The second kappa shape index (κ2) is 8.86. The number of hydrogen-bond acceptors (Lipinski definition) is 5. The Balaban J connectivity index is 1.67. The summed E-state index contributed by atoms with van der Waals surface area (Å²) in [6.07, 6.45) is 0. The third-order valence-electron chi connectivity index (χ3n) is 5.19. The molecule has 1 aliphatic heterocycles. The lowest BCUT2D eigenvalue weighted by Gasteiger charge is -2.35. The van der Waals surface area contributed by atoms with E-state index < -0.39 is 0 Å². The fraction of sp³-hybridized carbons (Fsp3) is 0.364. The lowest BCUT2D eigenvalue weighted by atomic mass is 10.1. The SMILES string of the molecule is COc1ccc(C(=O)N2CCN(C(=O)c3cc(OC)c(C)c(OC)c3)CC2)cc1. The molecule has 0 aliphatic carbocycles. The van der Waals surface area contributed by atoms with Gasteiger partial charge in [-0.3, -0.25) is 9.59 Å². The van der Waals surface area contributed by atoms with Crippen LogP contribution in [0.15, 0.2) is 36.4 Å². The maximum atomic E-state index is 13.0. The number of carbonyl (C=O) groups excluding carboxylic acids is 2. The summed E-state index contributed by atoms with van der Waals surface area (Å²) in [5, 5.41) is 0. The number of nitrogens with zero attached hydrogens (tertiary/aromatic N) is 2. The average Bonchev–Trinajstić information content (AvgIpc) is 2.78. The Morgan fingerprint density at radius 3 is 1.59 bits per heavy atom. The summed E-state index contributed by atoms with van der Waals surface area (Å²) in [5.41, 5.74) is 1.97. The molecule has 0 saturated carbocycles. The summed E-state index contributed by atoms with van der Waals surface area (Å²) in [7, 11) is 4.73. The van der Waals surface area contributed by atoms with Gasteiger partial charge in [-0.2, -0.15) is 0 Å². The molecule has 1 fully saturated rings. The van der Waals surface area contributed by atoms with Crippen LogP contribution in [0.1, 0.15) is 26.3 Å². The summed E-state index contributed by atoms with van der Waals surface area (Å²) < 4.78 is 15.9. The van der Waals surface area contributed by atoms with Crippen LogP contribution in [0.2, 0.25) is 0 Å². The largest absolute Gasteiger partial charge is 0.497 e. The van der Waals surface area contributed by atoms with E-state index >= 15 is 0 Å². The summed E-state index contributed by atoms with van der Waals surface area (Å²) in [6, 6.07) is 10.5. The van der Waals surface area contributed by atoms with E-state index in [4.69, 9.17) is 14.2 Å². The number of amides is 2. The van der Waals surface area contributed by atoms with Crippen molar-refractivity contribution >= 4 is 11.8 Å². The number of ether oxygens (including phenoxy) is 3. The molecule has 7 heteroatoms. The van der Waals surface area contributed by atoms with Gasteiger partial charge in [-0.05, 0) is 43.3 Å². The summed E-state index contributed by atoms with van der Waals surface area (Å²) in [6.45, 7) is 3.79. The van der Waals surface area contributed by atoms with Gasteiger partial charge in [0.25, 0.3) is 11.8 Å². The van der Waals surface area contributed by atoms with Crippen molar-refractivity contribution in [1.29, 1.82) is 0 Å². The molecule has 0 N–H and O–H groups in total. The monoisotopic (exact) mass is 398 g/mol. The van der Waals surface area contributed by atoms with Crippen LogP contribution >= 0.6 is 0 Å². The molecule has 3 rings (SSSR count). The molecular weight excluding hydrogens is 372 g/mol. The first-order valence-corrected chi connectivity index (χ1v) is 9.43. The Labute approximate surface area is 170 Å². The second-order valence-electron chi connectivity index (χ2n) is 6.82. The van der Waals surface area contributed by atoms with Crippen molar-refractivity contribution < 1.29 is 23.8 Å². The molecule has 154 valence electrons. The van der Waals surface area contributed by atoms with Crippen molar-refractivity contribution in [2.24, 2.45) is 0 Å². The van der Waals surface area contributed by atoms with E-state index in [0.717, 1.165) is 5.56 Å². The first-order valence-electron chi connectivity index (χ1n) is 9.43. The van der Waals surface area contributed by atoms with E-state index in [1.54, 1.807) is 67.5 Å². The highest BCUT2D eigenvalue weighted by Gasteiger charge is 2.26. The van der Waals surface area contributed by atoms with Crippen molar-refractivity contribution in [1.82, 2.24) is 9.80 Å². The average molecular weight is 398 g/mol. The van der Waals surface area contributed by atoms with E-state index in [1.807, 2.05) is 6.92 Å². The van der Waals surface area contributed by atoms with Crippen LogP contribution in [0.25, 0.3) is 0 Å². The van der Waals surface area contributed by atoms with Crippen LogP contribution in [0.5, 0.6) is 17.2 Å². The van der Waals surface area contributed by atoms with Crippen LogP contribution < -0.4 is 14.2 Å². The van der Waals surface area contributed by atoms with Crippen molar-refractivity contribution in [3.8, 4) is 17.2 Å². The molecule has 2 aromatic rings. The molecule has 0 atom stereocenters. The molecule has 7 nitrogen and oxygen atoms in total. The molecule has 0 bridgehead atoms. The van der Waals surface area contributed by atoms with Crippen molar-refractivity contribution in [3.05, 3.63) is 53.1 Å². The fourth-order valence-corrected chi connectivity index (χ4v) is 3.42. The maximum Gasteiger partial charge on any atom is 0.254 e. The minimum absolute atomic E-state index is 0.0431. The van der Waals surface area contributed by atoms with Crippen LogP contribution in [0.3, 0.4) is 0 Å². The number of carbonyl (C=O) groups is 2. The van der Waals surface area contributed by atoms with Gasteiger partial charge in [0.1, 0.15) is 17.2 Å². The van der Waals surface area contributed by atoms with Gasteiger partial charge in [0.15, 0.2) is 0 Å². The summed E-state index contributed by atoms with van der Waals surface area (Å²) >= 11 is 0. The first-order chi connectivity index (χ1) is 14.0. The Hall–Kier alpha value is -3.22. The van der Waals surface area contributed by atoms with Gasteiger partial charge < -0.3 is 24.0 Å². The molecule has 2 amide bonds. The Bertz CT molecular complexity index is 862. The minimum Gasteiger partial charge on any atom is -0.497 e. The number of benzene rings is 2. The lowest BCUT2D eigenvalue weighted by Crippen LogP contribution is -2.50. The molecule has 1 aliphatic rings. The molecule has 1 heterocycles. The predicted octanol–water partition coefficient (Wildman–Crippen LogP) is 2.62. The smallest absolute Gasteiger partial charge is 0.254 e. The van der Waals surface area contributed by atoms with Gasteiger partial charge in [0, 0.05) is 42.9 Å². The molecule has 0 radical (unpaired) electrons. The second-order valence-corrected chi connectivity index (χ2v) is 6.82. The third-order valence-corrected chi connectivity index (χ3v) is 5.19. The fourth-order valence-electron chi connectivity index (χ4n) is 3.42. The van der Waals surface area contributed by atoms with Crippen molar-refractivity contribution in [2.75, 3.05) is 47.5 Å². The zero-order valence-corrected chi connectivity index (χ0v) is 17.2. The lowest BCUT2D eigenvalue weighted by molar-refractivity contribution is 0.0535. The Morgan fingerprint density at radius 2 is 1.17 bits per heavy atom. The number of piperazine rings is 1. The van der Waals surface area contributed by atoms with Crippen LogP contribution in [-0.4, -0.2) is 69.1 Å². The van der Waals surface area contributed by atoms with Gasteiger partial charge in [-0.25, -0.2) is 0 Å². The van der Waals surface area contributed by atoms with Crippen LogP contribution in [-0.2, 0) is 0 Å². The van der Waals surface area contributed by atoms with Crippen molar-refractivity contribution in [3.63, 3.8) is 0 Å². The van der Waals surface area contributed by atoms with E-state index in [9.17, 15) is 9.59 Å². The highest BCUT2D eigenvalue weighted by atomic mass is 16.5. The highest BCUT2D eigenvalue weighted by molar-refractivity contribution is 5.96. The summed E-state index contributed by atoms with van der Waals surface area (Å²) in [5.74, 6) is 1.79. The van der Waals surface area contributed by atoms with E-state index in [0.29, 0.717) is 54.6 Å². The van der Waals surface area contributed by atoms with E-state index in [2.05, 4.69) is 0 Å². The van der Waals surface area contributed by atoms with E-state index in [1.165, 1.54) is 0 Å². The molecule has 0 spiro atoms. The van der Waals surface area contributed by atoms with Gasteiger partial charge >= 0.3 is 0 Å². The van der Waals surface area contributed by atoms with Gasteiger partial charge in [-0.1, -0.05) is 0 Å². The molecule has 1 saturated heterocycles. The van der Waals surface area contributed by atoms with Crippen molar-refractivity contribution in [2.45, 2.75) is 6.92 Å². The Kier molecular flexibility index (Phi) is 6.26. The standard InChI is InChI=1S/C22H26N2O5/c1-15-19(28-3)13-17(14-20(15)29-4)22(26)24-11-9-23(10-12-24)21(25)16-5-7-18(27-2)8-6-16/h5-8,13-14H,9-12H2,1-4H3. The minimum atomic E-state index is -0.0989. The number of rotatable bonds is 5. The summed E-state index contributed by atoms with van der Waals surface area (Å²) in [4.78, 5) is 29.2. The zero-order chi connectivity index (χ0) is 21.0. The quantitative estimate of drug-likeness (QED) is 0.775. The number of hydrogen-bond donors (Lipinski definition) is 0.